The second-order valence-corrected chi connectivity index (χ2v) is 6.84. The van der Waals surface area contributed by atoms with E-state index in [9.17, 15) is 9.59 Å². The number of hydrogen-bond donors (Lipinski definition) is 0. The molecule has 0 atom stereocenters. The molecule has 21 heavy (non-hydrogen) atoms. The van der Waals surface area contributed by atoms with Crippen LogP contribution < -0.4 is 5.56 Å². The zero-order chi connectivity index (χ0) is 15.6. The van der Waals surface area contributed by atoms with Gasteiger partial charge in [-0.05, 0) is 32.9 Å². The van der Waals surface area contributed by atoms with Crippen molar-refractivity contribution in [3.05, 3.63) is 39.2 Å². The number of carbonyl (C=O) groups is 1. The Kier molecular flexibility index (Phi) is 4.56. The molecule has 1 aromatic rings. The molecule has 2 heterocycles. The minimum atomic E-state index is -0.496. The Balaban J connectivity index is 2.08. The Labute approximate surface area is 132 Å². The van der Waals surface area contributed by atoms with Crippen LogP contribution in [-0.2, 0) is 4.74 Å². The van der Waals surface area contributed by atoms with E-state index in [2.05, 4.69) is 15.9 Å². The van der Waals surface area contributed by atoms with E-state index < -0.39 is 5.60 Å². The molecule has 0 unspecified atom stereocenters. The van der Waals surface area contributed by atoms with Gasteiger partial charge in [-0.3, -0.25) is 9.36 Å². The van der Waals surface area contributed by atoms with Gasteiger partial charge in [-0.1, -0.05) is 15.9 Å². The van der Waals surface area contributed by atoms with Crippen LogP contribution in [0.1, 0.15) is 27.2 Å². The van der Waals surface area contributed by atoms with E-state index >= 15 is 0 Å². The number of carbonyl (C=O) groups excluding carboxylic acids is 1. The summed E-state index contributed by atoms with van der Waals surface area (Å²) in [4.78, 5) is 25.5. The highest BCUT2D eigenvalue weighted by molar-refractivity contribution is 9.10. The second-order valence-electron chi connectivity index (χ2n) is 5.93. The maximum Gasteiger partial charge on any atom is 0.410 e. The van der Waals surface area contributed by atoms with E-state index in [0.29, 0.717) is 19.5 Å². The van der Waals surface area contributed by atoms with Crippen molar-refractivity contribution in [3.63, 3.8) is 0 Å². The Morgan fingerprint density at radius 1 is 1.38 bits per heavy atom. The lowest BCUT2D eigenvalue weighted by Crippen LogP contribution is -2.39. The van der Waals surface area contributed by atoms with E-state index in [1.807, 2.05) is 32.9 Å². The summed E-state index contributed by atoms with van der Waals surface area (Å²) in [5, 5.41) is 0. The third-order valence-corrected chi connectivity index (χ3v) is 3.52. The molecule has 0 saturated carbocycles. The van der Waals surface area contributed by atoms with Crippen LogP contribution in [0.5, 0.6) is 0 Å². The van der Waals surface area contributed by atoms with Crippen LogP contribution in [0.2, 0.25) is 0 Å². The molecule has 1 aliphatic rings. The molecule has 6 heteroatoms. The Bertz CT molecular complexity index is 629. The number of halogens is 1. The van der Waals surface area contributed by atoms with Gasteiger partial charge in [0.25, 0.3) is 5.56 Å². The predicted octanol–water partition coefficient (Wildman–Crippen LogP) is 3.09. The molecule has 5 nitrogen and oxygen atoms in total. The molecule has 0 radical (unpaired) electrons. The largest absolute Gasteiger partial charge is 0.444 e. The van der Waals surface area contributed by atoms with Gasteiger partial charge < -0.3 is 9.64 Å². The maximum atomic E-state index is 12.0. The van der Waals surface area contributed by atoms with Crippen LogP contribution in [-0.4, -0.2) is 34.3 Å². The van der Waals surface area contributed by atoms with E-state index in [1.54, 1.807) is 15.7 Å². The SMILES string of the molecule is CC(C)(C)OC(=O)N1CC=C(n2ccc(Br)cc2=O)CC1. The quantitative estimate of drug-likeness (QED) is 0.778. The summed E-state index contributed by atoms with van der Waals surface area (Å²) < 4.78 is 7.71. The lowest BCUT2D eigenvalue weighted by molar-refractivity contribution is 0.0269. The van der Waals surface area contributed by atoms with Gasteiger partial charge in [-0.15, -0.1) is 0 Å². The molecule has 0 aliphatic carbocycles. The highest BCUT2D eigenvalue weighted by atomic mass is 79.9. The number of amides is 1. The smallest absolute Gasteiger partial charge is 0.410 e. The first-order valence-electron chi connectivity index (χ1n) is 6.82. The molecule has 0 N–H and O–H groups in total. The minimum Gasteiger partial charge on any atom is -0.444 e. The van der Waals surface area contributed by atoms with Crippen molar-refractivity contribution in [1.29, 1.82) is 0 Å². The maximum absolute atomic E-state index is 12.0. The fourth-order valence-corrected chi connectivity index (χ4v) is 2.38. The van der Waals surface area contributed by atoms with Crippen LogP contribution in [0.15, 0.2) is 33.7 Å². The third kappa shape index (κ3) is 4.20. The molecular formula is C15H19BrN2O3. The summed E-state index contributed by atoms with van der Waals surface area (Å²) >= 11 is 3.27. The molecule has 1 amide bonds. The van der Waals surface area contributed by atoms with Crippen molar-refractivity contribution in [1.82, 2.24) is 9.47 Å². The summed E-state index contributed by atoms with van der Waals surface area (Å²) in [6, 6.07) is 3.35. The van der Waals surface area contributed by atoms with Gasteiger partial charge in [0.1, 0.15) is 5.60 Å². The van der Waals surface area contributed by atoms with Gasteiger partial charge >= 0.3 is 6.09 Å². The van der Waals surface area contributed by atoms with Crippen LogP contribution in [0.25, 0.3) is 5.70 Å². The summed E-state index contributed by atoms with van der Waals surface area (Å²) in [7, 11) is 0. The Hall–Kier alpha value is -1.56. The number of ether oxygens (including phenoxy) is 1. The summed E-state index contributed by atoms with van der Waals surface area (Å²) in [6.07, 6.45) is 3.94. The lowest BCUT2D eigenvalue weighted by Gasteiger charge is -2.29. The third-order valence-electron chi connectivity index (χ3n) is 3.03. The molecule has 1 aromatic heterocycles. The van der Waals surface area contributed by atoms with E-state index in [-0.39, 0.29) is 11.7 Å². The van der Waals surface area contributed by atoms with Crippen molar-refractivity contribution >= 4 is 27.7 Å². The number of hydrogen-bond acceptors (Lipinski definition) is 3. The van der Waals surface area contributed by atoms with Crippen molar-refractivity contribution in [3.8, 4) is 0 Å². The average Bonchev–Trinajstić information content (AvgIpc) is 2.37. The van der Waals surface area contributed by atoms with Crippen LogP contribution >= 0.6 is 15.9 Å². The van der Waals surface area contributed by atoms with E-state index in [0.717, 1.165) is 10.2 Å². The van der Waals surface area contributed by atoms with Gasteiger partial charge in [0, 0.05) is 41.9 Å². The standard InChI is InChI=1S/C15H19BrN2O3/c1-15(2,3)21-14(20)17-7-5-12(6-8-17)18-9-4-11(16)10-13(18)19/h4-5,9-10H,6-8H2,1-3H3. The van der Waals surface area contributed by atoms with E-state index in [4.69, 9.17) is 4.74 Å². The predicted molar refractivity (Wildman–Crippen MR) is 85.1 cm³/mol. The topological polar surface area (TPSA) is 51.5 Å². The highest BCUT2D eigenvalue weighted by Crippen LogP contribution is 2.18. The number of nitrogens with zero attached hydrogens (tertiary/aromatic N) is 2. The number of rotatable bonds is 1. The number of pyridine rings is 1. The van der Waals surface area contributed by atoms with Crippen molar-refractivity contribution in [2.75, 3.05) is 13.1 Å². The summed E-state index contributed by atoms with van der Waals surface area (Å²) in [5.41, 5.74) is 0.331. The van der Waals surface area contributed by atoms with Crippen molar-refractivity contribution in [2.24, 2.45) is 0 Å². The zero-order valence-electron chi connectivity index (χ0n) is 12.4. The molecule has 114 valence electrons. The normalized spacial score (nSPS) is 15.6. The van der Waals surface area contributed by atoms with Crippen molar-refractivity contribution in [2.45, 2.75) is 32.8 Å². The Morgan fingerprint density at radius 3 is 2.62 bits per heavy atom. The molecule has 0 fully saturated rings. The average molecular weight is 355 g/mol. The van der Waals surface area contributed by atoms with Gasteiger partial charge in [0.05, 0.1) is 0 Å². The first-order valence-corrected chi connectivity index (χ1v) is 7.61. The van der Waals surface area contributed by atoms with Gasteiger partial charge in [0.2, 0.25) is 0 Å². The van der Waals surface area contributed by atoms with Gasteiger partial charge in [0.15, 0.2) is 0 Å². The Morgan fingerprint density at radius 2 is 2.10 bits per heavy atom. The zero-order valence-corrected chi connectivity index (χ0v) is 14.0. The van der Waals surface area contributed by atoms with E-state index in [1.165, 1.54) is 6.07 Å². The first-order chi connectivity index (χ1) is 9.76. The van der Waals surface area contributed by atoms with Crippen LogP contribution in [0.4, 0.5) is 4.79 Å². The monoisotopic (exact) mass is 354 g/mol. The summed E-state index contributed by atoms with van der Waals surface area (Å²) in [5.74, 6) is 0. The number of aromatic nitrogens is 1. The molecule has 0 spiro atoms. The highest BCUT2D eigenvalue weighted by Gasteiger charge is 2.24. The molecule has 0 saturated heterocycles. The molecule has 1 aliphatic heterocycles. The summed E-state index contributed by atoms with van der Waals surface area (Å²) in [6.45, 7) is 6.53. The fourth-order valence-electron chi connectivity index (χ4n) is 2.06. The van der Waals surface area contributed by atoms with Gasteiger partial charge in [-0.2, -0.15) is 0 Å². The van der Waals surface area contributed by atoms with Gasteiger partial charge in [-0.25, -0.2) is 4.79 Å². The minimum absolute atomic E-state index is 0.0821. The molecular weight excluding hydrogens is 336 g/mol. The van der Waals surface area contributed by atoms with Crippen LogP contribution in [0.3, 0.4) is 0 Å². The molecule has 2 rings (SSSR count). The van der Waals surface area contributed by atoms with Crippen molar-refractivity contribution < 1.29 is 9.53 Å². The fraction of sp³-hybridized carbons (Fsp3) is 0.467. The van der Waals surface area contributed by atoms with Crippen LogP contribution in [0, 0.1) is 0 Å². The lowest BCUT2D eigenvalue weighted by atomic mass is 10.2. The second kappa shape index (κ2) is 6.05. The molecule has 0 aromatic carbocycles. The first kappa shape index (κ1) is 15.8. The molecule has 0 bridgehead atoms.